The summed E-state index contributed by atoms with van der Waals surface area (Å²) < 4.78 is 11.2. The van der Waals surface area contributed by atoms with Crippen molar-refractivity contribution in [3.8, 4) is 5.75 Å². The van der Waals surface area contributed by atoms with E-state index in [0.29, 0.717) is 5.56 Å². The molecule has 1 atom stereocenters. The van der Waals surface area contributed by atoms with Gasteiger partial charge in [-0.15, -0.1) is 0 Å². The SMILES string of the molecule is CC(=O)c1cccc(OC(C)CCN2CCOCC2)c1. The normalized spacial score (nSPS) is 17.7. The first-order chi connectivity index (χ1) is 9.65. The van der Waals surface area contributed by atoms with Crippen LogP contribution in [0.2, 0.25) is 0 Å². The van der Waals surface area contributed by atoms with Crippen LogP contribution in [-0.4, -0.2) is 49.6 Å². The molecule has 1 aliphatic heterocycles. The van der Waals surface area contributed by atoms with E-state index in [1.54, 1.807) is 6.92 Å². The lowest BCUT2D eigenvalue weighted by molar-refractivity contribution is 0.0327. The fourth-order valence-corrected chi connectivity index (χ4v) is 2.27. The molecule has 4 nitrogen and oxygen atoms in total. The lowest BCUT2D eigenvalue weighted by Crippen LogP contribution is -2.38. The van der Waals surface area contributed by atoms with Crippen LogP contribution in [0.3, 0.4) is 0 Å². The molecule has 0 amide bonds. The van der Waals surface area contributed by atoms with Crippen molar-refractivity contribution in [2.75, 3.05) is 32.8 Å². The Balaban J connectivity index is 1.79. The number of benzene rings is 1. The summed E-state index contributed by atoms with van der Waals surface area (Å²) in [6.45, 7) is 8.34. The average molecular weight is 277 g/mol. The van der Waals surface area contributed by atoms with Gasteiger partial charge < -0.3 is 9.47 Å². The molecule has 0 aromatic heterocycles. The van der Waals surface area contributed by atoms with Crippen LogP contribution in [0.5, 0.6) is 5.75 Å². The zero-order valence-electron chi connectivity index (χ0n) is 12.3. The number of Topliss-reactive ketones (excluding diaryl/α,β-unsaturated/α-hetero) is 1. The molecule has 0 N–H and O–H groups in total. The summed E-state index contributed by atoms with van der Waals surface area (Å²) in [4.78, 5) is 13.7. The lowest BCUT2D eigenvalue weighted by Gasteiger charge is -2.27. The summed E-state index contributed by atoms with van der Waals surface area (Å²) >= 11 is 0. The van der Waals surface area contributed by atoms with Crippen LogP contribution in [0.1, 0.15) is 30.6 Å². The highest BCUT2D eigenvalue weighted by atomic mass is 16.5. The average Bonchev–Trinajstić information content (AvgIpc) is 2.46. The Hall–Kier alpha value is -1.39. The Morgan fingerprint density at radius 2 is 2.15 bits per heavy atom. The maximum atomic E-state index is 11.3. The van der Waals surface area contributed by atoms with Gasteiger partial charge in [0.05, 0.1) is 19.3 Å². The third-order valence-electron chi connectivity index (χ3n) is 3.53. The van der Waals surface area contributed by atoms with Gasteiger partial charge in [0.2, 0.25) is 0 Å². The highest BCUT2D eigenvalue weighted by molar-refractivity contribution is 5.94. The standard InChI is InChI=1S/C16H23NO3/c1-13(6-7-17-8-10-19-11-9-17)20-16-5-3-4-15(12-16)14(2)18/h3-5,12-13H,6-11H2,1-2H3. The molecule has 1 heterocycles. The van der Waals surface area contributed by atoms with E-state index in [0.717, 1.165) is 45.0 Å². The van der Waals surface area contributed by atoms with E-state index in [4.69, 9.17) is 9.47 Å². The molecule has 1 unspecified atom stereocenters. The summed E-state index contributed by atoms with van der Waals surface area (Å²) in [5.41, 5.74) is 0.697. The van der Waals surface area contributed by atoms with Gasteiger partial charge in [0.1, 0.15) is 5.75 Å². The Labute approximate surface area is 120 Å². The van der Waals surface area contributed by atoms with Crippen molar-refractivity contribution in [3.05, 3.63) is 29.8 Å². The predicted molar refractivity (Wildman–Crippen MR) is 78.4 cm³/mol. The van der Waals surface area contributed by atoms with Gasteiger partial charge in [0.15, 0.2) is 5.78 Å². The first-order valence-electron chi connectivity index (χ1n) is 7.23. The van der Waals surface area contributed by atoms with Gasteiger partial charge in [0.25, 0.3) is 0 Å². The van der Waals surface area contributed by atoms with Crippen LogP contribution in [0.4, 0.5) is 0 Å². The highest BCUT2D eigenvalue weighted by Crippen LogP contribution is 2.16. The molecule has 1 aromatic carbocycles. The monoisotopic (exact) mass is 277 g/mol. The van der Waals surface area contributed by atoms with E-state index in [9.17, 15) is 4.79 Å². The number of carbonyl (C=O) groups is 1. The van der Waals surface area contributed by atoms with Crippen molar-refractivity contribution in [1.29, 1.82) is 0 Å². The summed E-state index contributed by atoms with van der Waals surface area (Å²) in [6, 6.07) is 7.39. The maximum Gasteiger partial charge on any atom is 0.159 e. The van der Waals surface area contributed by atoms with Crippen LogP contribution < -0.4 is 4.74 Å². The van der Waals surface area contributed by atoms with Crippen molar-refractivity contribution in [2.24, 2.45) is 0 Å². The molecule has 4 heteroatoms. The molecule has 0 saturated carbocycles. The van der Waals surface area contributed by atoms with Crippen LogP contribution >= 0.6 is 0 Å². The fourth-order valence-electron chi connectivity index (χ4n) is 2.27. The highest BCUT2D eigenvalue weighted by Gasteiger charge is 2.12. The van der Waals surface area contributed by atoms with E-state index in [1.165, 1.54) is 0 Å². The molecule has 1 saturated heterocycles. The van der Waals surface area contributed by atoms with Crippen LogP contribution in [0.15, 0.2) is 24.3 Å². The molecular formula is C16H23NO3. The molecule has 110 valence electrons. The summed E-state index contributed by atoms with van der Waals surface area (Å²) in [5.74, 6) is 0.837. The largest absolute Gasteiger partial charge is 0.491 e. The Morgan fingerprint density at radius 3 is 2.85 bits per heavy atom. The van der Waals surface area contributed by atoms with Crippen molar-refractivity contribution < 1.29 is 14.3 Å². The predicted octanol–water partition coefficient (Wildman–Crippen LogP) is 2.38. The molecule has 2 rings (SSSR count). The van der Waals surface area contributed by atoms with Gasteiger partial charge in [-0.05, 0) is 32.4 Å². The number of rotatable bonds is 6. The van der Waals surface area contributed by atoms with Crippen molar-refractivity contribution in [3.63, 3.8) is 0 Å². The summed E-state index contributed by atoms with van der Waals surface area (Å²) in [5, 5.41) is 0. The Morgan fingerprint density at radius 1 is 1.40 bits per heavy atom. The van der Waals surface area contributed by atoms with Crippen molar-refractivity contribution in [2.45, 2.75) is 26.4 Å². The first-order valence-corrected chi connectivity index (χ1v) is 7.23. The van der Waals surface area contributed by atoms with Gasteiger partial charge in [-0.1, -0.05) is 12.1 Å². The van der Waals surface area contributed by atoms with Gasteiger partial charge in [-0.2, -0.15) is 0 Å². The van der Waals surface area contributed by atoms with E-state index < -0.39 is 0 Å². The third-order valence-corrected chi connectivity index (χ3v) is 3.53. The number of nitrogens with zero attached hydrogens (tertiary/aromatic N) is 1. The topological polar surface area (TPSA) is 38.8 Å². The molecule has 0 aliphatic carbocycles. The van der Waals surface area contributed by atoms with Crippen LogP contribution in [0.25, 0.3) is 0 Å². The van der Waals surface area contributed by atoms with E-state index in [-0.39, 0.29) is 11.9 Å². The van der Waals surface area contributed by atoms with Gasteiger partial charge in [-0.3, -0.25) is 9.69 Å². The van der Waals surface area contributed by atoms with Crippen LogP contribution in [0, 0.1) is 0 Å². The van der Waals surface area contributed by atoms with Gasteiger partial charge in [0, 0.05) is 25.2 Å². The fraction of sp³-hybridized carbons (Fsp3) is 0.562. The number of hydrogen-bond donors (Lipinski definition) is 0. The number of carbonyl (C=O) groups excluding carboxylic acids is 1. The molecule has 0 radical (unpaired) electrons. The zero-order chi connectivity index (χ0) is 14.4. The van der Waals surface area contributed by atoms with Crippen LogP contribution in [-0.2, 0) is 4.74 Å². The Kier molecular flexibility index (Phi) is 5.56. The molecule has 1 fully saturated rings. The number of hydrogen-bond acceptors (Lipinski definition) is 4. The minimum absolute atomic E-state index is 0.0661. The quantitative estimate of drug-likeness (QED) is 0.748. The van der Waals surface area contributed by atoms with E-state index in [2.05, 4.69) is 11.8 Å². The summed E-state index contributed by atoms with van der Waals surface area (Å²) in [6.07, 6.45) is 1.12. The Bertz CT molecular complexity index is 441. The third kappa shape index (κ3) is 4.62. The second-order valence-corrected chi connectivity index (χ2v) is 5.26. The second-order valence-electron chi connectivity index (χ2n) is 5.26. The smallest absolute Gasteiger partial charge is 0.159 e. The number of ether oxygens (including phenoxy) is 2. The minimum Gasteiger partial charge on any atom is -0.491 e. The first kappa shape index (κ1) is 15.0. The second kappa shape index (κ2) is 7.41. The maximum absolute atomic E-state index is 11.3. The molecule has 0 spiro atoms. The van der Waals surface area contributed by atoms with E-state index in [1.807, 2.05) is 24.3 Å². The lowest BCUT2D eigenvalue weighted by atomic mass is 10.1. The summed E-state index contributed by atoms with van der Waals surface area (Å²) in [7, 11) is 0. The number of ketones is 1. The van der Waals surface area contributed by atoms with Crippen molar-refractivity contribution >= 4 is 5.78 Å². The molecular weight excluding hydrogens is 254 g/mol. The van der Waals surface area contributed by atoms with Gasteiger partial charge in [-0.25, -0.2) is 0 Å². The minimum atomic E-state index is 0.0661. The number of morpholine rings is 1. The zero-order valence-corrected chi connectivity index (χ0v) is 12.3. The molecule has 1 aliphatic rings. The van der Waals surface area contributed by atoms with Crippen molar-refractivity contribution in [1.82, 2.24) is 4.90 Å². The molecule has 1 aromatic rings. The molecule has 0 bridgehead atoms. The van der Waals surface area contributed by atoms with E-state index >= 15 is 0 Å². The van der Waals surface area contributed by atoms with Gasteiger partial charge >= 0.3 is 0 Å². The molecule has 20 heavy (non-hydrogen) atoms.